The predicted molar refractivity (Wildman–Crippen MR) is 110 cm³/mol. The zero-order valence-corrected chi connectivity index (χ0v) is 18.8. The van der Waals surface area contributed by atoms with E-state index in [2.05, 4.69) is 69.4 Å². The Morgan fingerprint density at radius 2 is 1.81 bits per heavy atom. The van der Waals surface area contributed by atoms with Crippen LogP contribution in [0.3, 0.4) is 0 Å². The highest BCUT2D eigenvalue weighted by atomic mass is 28.4. The second-order valence-electron chi connectivity index (χ2n) is 9.87. The minimum absolute atomic E-state index is 0.123. The Morgan fingerprint density at radius 3 is 2.31 bits per heavy atom. The first-order chi connectivity index (χ1) is 11.8. The highest BCUT2D eigenvalue weighted by molar-refractivity contribution is 6.74. The Balaban J connectivity index is 2.19. The number of pyridine rings is 1. The van der Waals surface area contributed by atoms with Gasteiger partial charge in [0.05, 0.1) is 18.8 Å². The molecule has 0 saturated carbocycles. The number of aromatic nitrogens is 1. The van der Waals surface area contributed by atoms with E-state index in [-0.39, 0.29) is 22.4 Å². The van der Waals surface area contributed by atoms with E-state index in [0.717, 1.165) is 25.5 Å². The molecule has 2 rings (SSSR count). The van der Waals surface area contributed by atoms with Crippen LogP contribution >= 0.6 is 0 Å². The fraction of sp³-hybridized carbons (Fsp3) is 0.750. The third kappa shape index (κ3) is 5.05. The summed E-state index contributed by atoms with van der Waals surface area (Å²) in [5.41, 5.74) is 0.123. The van der Waals surface area contributed by atoms with Gasteiger partial charge in [0, 0.05) is 25.2 Å². The van der Waals surface area contributed by atoms with Gasteiger partial charge in [-0.3, -0.25) is 4.90 Å². The molecule has 1 saturated heterocycles. The van der Waals surface area contributed by atoms with Gasteiger partial charge in [-0.15, -0.1) is 0 Å². The van der Waals surface area contributed by atoms with Crippen LogP contribution in [0.1, 0.15) is 41.5 Å². The summed E-state index contributed by atoms with van der Waals surface area (Å²) in [5.74, 6) is 0.542. The molecule has 0 aromatic carbocycles. The second-order valence-corrected chi connectivity index (χ2v) is 14.7. The van der Waals surface area contributed by atoms with Crippen LogP contribution in [-0.2, 0) is 4.43 Å². The molecule has 0 amide bonds. The lowest BCUT2D eigenvalue weighted by molar-refractivity contribution is 0.0919. The third-order valence-corrected chi connectivity index (χ3v) is 10.4. The second kappa shape index (κ2) is 7.56. The summed E-state index contributed by atoms with van der Waals surface area (Å²) in [6.07, 6.45) is 1.30. The van der Waals surface area contributed by atoms with Gasteiger partial charge in [0.1, 0.15) is 11.6 Å². The minimum atomic E-state index is -1.82. The number of nitrogens with zero attached hydrogens (tertiary/aromatic N) is 3. The Bertz CT molecular complexity index is 593. The van der Waals surface area contributed by atoms with Crippen molar-refractivity contribution in [3.8, 4) is 0 Å². The molecule has 148 valence electrons. The molecule has 1 aromatic heterocycles. The lowest BCUT2D eigenvalue weighted by Crippen LogP contribution is -2.60. The molecular formula is C20H36FN3OSi. The molecule has 1 atom stereocenters. The van der Waals surface area contributed by atoms with Crippen LogP contribution in [0.25, 0.3) is 0 Å². The summed E-state index contributed by atoms with van der Waals surface area (Å²) in [6, 6.07) is 3.49. The molecular weight excluding hydrogens is 345 g/mol. The topological polar surface area (TPSA) is 28.6 Å². The number of hydrogen-bond acceptors (Lipinski definition) is 4. The molecule has 0 N–H and O–H groups in total. The van der Waals surface area contributed by atoms with Crippen molar-refractivity contribution in [2.45, 2.75) is 71.3 Å². The Morgan fingerprint density at radius 1 is 1.15 bits per heavy atom. The zero-order chi connectivity index (χ0) is 19.8. The van der Waals surface area contributed by atoms with E-state index in [4.69, 9.17) is 4.43 Å². The SMILES string of the molecule is CC(C)(C)N1CCN(c2ccc(F)cn2)[C@H](CO[Si](C)(C)C(C)(C)C)C1. The number of halogens is 1. The number of hydrogen-bond donors (Lipinski definition) is 0. The maximum Gasteiger partial charge on any atom is 0.192 e. The molecule has 0 spiro atoms. The summed E-state index contributed by atoms with van der Waals surface area (Å²) in [4.78, 5) is 9.11. The van der Waals surface area contributed by atoms with E-state index >= 15 is 0 Å². The minimum Gasteiger partial charge on any atom is -0.415 e. The first-order valence-corrected chi connectivity index (χ1v) is 12.5. The van der Waals surface area contributed by atoms with Gasteiger partial charge < -0.3 is 9.33 Å². The number of rotatable bonds is 4. The fourth-order valence-electron chi connectivity index (χ4n) is 2.97. The maximum atomic E-state index is 13.3. The van der Waals surface area contributed by atoms with E-state index in [9.17, 15) is 4.39 Å². The van der Waals surface area contributed by atoms with Crippen LogP contribution in [0.4, 0.5) is 10.2 Å². The molecule has 0 bridgehead atoms. The standard InChI is InChI=1S/C20H36FN3OSi/c1-19(2,3)23-11-12-24(18-10-9-16(21)13-22-18)17(14-23)15-25-26(7,8)20(4,5)6/h9-10,13,17H,11-12,14-15H2,1-8H3/t17-/m0/s1. The molecule has 1 aliphatic heterocycles. The molecule has 4 nitrogen and oxygen atoms in total. The highest BCUT2D eigenvalue weighted by Crippen LogP contribution is 2.37. The van der Waals surface area contributed by atoms with Crippen molar-refractivity contribution in [3.63, 3.8) is 0 Å². The molecule has 6 heteroatoms. The van der Waals surface area contributed by atoms with Crippen molar-refractivity contribution in [3.05, 3.63) is 24.1 Å². The van der Waals surface area contributed by atoms with Crippen LogP contribution < -0.4 is 4.90 Å². The Labute approximate surface area is 159 Å². The van der Waals surface area contributed by atoms with Gasteiger partial charge in [0.15, 0.2) is 8.32 Å². The lowest BCUT2D eigenvalue weighted by Gasteiger charge is -2.48. The number of anilines is 1. The van der Waals surface area contributed by atoms with Gasteiger partial charge in [-0.2, -0.15) is 0 Å². The van der Waals surface area contributed by atoms with Gasteiger partial charge in [0.25, 0.3) is 0 Å². The summed E-state index contributed by atoms with van der Waals surface area (Å²) in [6.45, 7) is 21.6. The van der Waals surface area contributed by atoms with E-state index in [0.29, 0.717) is 6.61 Å². The van der Waals surface area contributed by atoms with Crippen LogP contribution in [0.15, 0.2) is 18.3 Å². The summed E-state index contributed by atoms with van der Waals surface area (Å²) < 4.78 is 19.8. The first kappa shape index (κ1) is 21.3. The molecule has 0 radical (unpaired) electrons. The fourth-order valence-corrected chi connectivity index (χ4v) is 4.01. The largest absolute Gasteiger partial charge is 0.415 e. The van der Waals surface area contributed by atoms with Crippen molar-refractivity contribution in [1.29, 1.82) is 0 Å². The Hall–Kier alpha value is -0.983. The zero-order valence-electron chi connectivity index (χ0n) is 17.8. The Kier molecular flexibility index (Phi) is 6.20. The maximum absolute atomic E-state index is 13.3. The average molecular weight is 382 g/mol. The molecule has 1 fully saturated rings. The summed E-state index contributed by atoms with van der Waals surface area (Å²) in [5, 5.41) is 0.185. The van der Waals surface area contributed by atoms with Crippen LogP contribution in [0, 0.1) is 5.82 Å². The van der Waals surface area contributed by atoms with Gasteiger partial charge in [-0.05, 0) is 51.0 Å². The predicted octanol–water partition coefficient (Wildman–Crippen LogP) is 4.53. The molecule has 0 unspecified atom stereocenters. The number of piperazine rings is 1. The summed E-state index contributed by atoms with van der Waals surface area (Å²) in [7, 11) is -1.82. The molecule has 1 aliphatic rings. The van der Waals surface area contributed by atoms with Crippen molar-refractivity contribution >= 4 is 14.1 Å². The third-order valence-electron chi connectivity index (χ3n) is 5.88. The van der Waals surface area contributed by atoms with Gasteiger partial charge in [0.2, 0.25) is 0 Å². The van der Waals surface area contributed by atoms with E-state index in [1.807, 2.05) is 0 Å². The van der Waals surface area contributed by atoms with E-state index < -0.39 is 8.32 Å². The van der Waals surface area contributed by atoms with Crippen molar-refractivity contribution in [2.24, 2.45) is 0 Å². The lowest BCUT2D eigenvalue weighted by atomic mass is 10.0. The first-order valence-electron chi connectivity index (χ1n) is 9.58. The smallest absolute Gasteiger partial charge is 0.192 e. The van der Waals surface area contributed by atoms with Gasteiger partial charge in [-0.1, -0.05) is 20.8 Å². The van der Waals surface area contributed by atoms with Crippen molar-refractivity contribution in [2.75, 3.05) is 31.1 Å². The molecule has 2 heterocycles. The normalized spacial score (nSPS) is 20.5. The van der Waals surface area contributed by atoms with Crippen LogP contribution in [0.5, 0.6) is 0 Å². The highest BCUT2D eigenvalue weighted by Gasteiger charge is 2.39. The van der Waals surface area contributed by atoms with Gasteiger partial charge in [-0.25, -0.2) is 9.37 Å². The molecule has 1 aromatic rings. The van der Waals surface area contributed by atoms with Crippen molar-refractivity contribution < 1.29 is 8.82 Å². The van der Waals surface area contributed by atoms with Crippen molar-refractivity contribution in [1.82, 2.24) is 9.88 Å². The van der Waals surface area contributed by atoms with Crippen LogP contribution in [0.2, 0.25) is 18.1 Å². The van der Waals surface area contributed by atoms with E-state index in [1.165, 1.54) is 12.3 Å². The quantitative estimate of drug-likeness (QED) is 0.716. The van der Waals surface area contributed by atoms with Crippen LogP contribution in [-0.4, -0.2) is 56.0 Å². The average Bonchev–Trinajstić information content (AvgIpc) is 2.51. The summed E-state index contributed by atoms with van der Waals surface area (Å²) >= 11 is 0. The monoisotopic (exact) mass is 381 g/mol. The van der Waals surface area contributed by atoms with E-state index in [1.54, 1.807) is 6.07 Å². The molecule has 0 aliphatic carbocycles. The molecule has 26 heavy (non-hydrogen) atoms. The van der Waals surface area contributed by atoms with Gasteiger partial charge >= 0.3 is 0 Å².